The first kappa shape index (κ1) is 12.7. The highest BCUT2D eigenvalue weighted by molar-refractivity contribution is 5.04. The maximum Gasteiger partial charge on any atom is 0.0947 e. The lowest BCUT2D eigenvalue weighted by molar-refractivity contribution is 0.0960. The van der Waals surface area contributed by atoms with E-state index < -0.39 is 0 Å². The summed E-state index contributed by atoms with van der Waals surface area (Å²) in [5, 5.41) is 3.61. The Balaban J connectivity index is 1.72. The standard InChI is InChI=1S/C14H24N2O/c1-14(2,3)16-7-4-13(5-8-16)15-10-12-6-9-17-11-12/h6,9,11,13,15H,4-5,7-8,10H2,1-3H3. The zero-order chi connectivity index (χ0) is 12.3. The van der Waals surface area contributed by atoms with Gasteiger partial charge in [-0.2, -0.15) is 0 Å². The third-order valence-electron chi connectivity index (χ3n) is 3.62. The molecule has 1 aliphatic rings. The van der Waals surface area contributed by atoms with Crippen LogP contribution in [-0.4, -0.2) is 29.6 Å². The van der Waals surface area contributed by atoms with Crippen molar-refractivity contribution in [2.75, 3.05) is 13.1 Å². The van der Waals surface area contributed by atoms with Crippen LogP contribution in [0.5, 0.6) is 0 Å². The summed E-state index contributed by atoms with van der Waals surface area (Å²) in [6.45, 7) is 10.2. The van der Waals surface area contributed by atoms with Gasteiger partial charge in [-0.15, -0.1) is 0 Å². The van der Waals surface area contributed by atoms with Crippen LogP contribution in [0, 0.1) is 0 Å². The van der Waals surface area contributed by atoms with Crippen LogP contribution in [0.4, 0.5) is 0 Å². The van der Waals surface area contributed by atoms with E-state index >= 15 is 0 Å². The molecular formula is C14H24N2O. The van der Waals surface area contributed by atoms with Gasteiger partial charge in [0.15, 0.2) is 0 Å². The molecule has 3 nitrogen and oxygen atoms in total. The minimum absolute atomic E-state index is 0.315. The number of piperidine rings is 1. The van der Waals surface area contributed by atoms with Gasteiger partial charge in [0.1, 0.15) is 0 Å². The van der Waals surface area contributed by atoms with Gasteiger partial charge in [-0.25, -0.2) is 0 Å². The minimum Gasteiger partial charge on any atom is -0.472 e. The molecule has 0 unspecified atom stereocenters. The molecule has 2 heterocycles. The van der Waals surface area contributed by atoms with Gasteiger partial charge in [0, 0.05) is 36.8 Å². The Hall–Kier alpha value is -0.800. The normalized spacial score (nSPS) is 19.7. The number of nitrogens with one attached hydrogen (secondary N) is 1. The zero-order valence-electron chi connectivity index (χ0n) is 11.2. The summed E-state index contributed by atoms with van der Waals surface area (Å²) in [7, 11) is 0. The fourth-order valence-electron chi connectivity index (χ4n) is 2.41. The predicted molar refractivity (Wildman–Crippen MR) is 69.9 cm³/mol. The highest BCUT2D eigenvalue weighted by Gasteiger charge is 2.26. The molecule has 0 amide bonds. The average Bonchev–Trinajstić information content (AvgIpc) is 2.78. The quantitative estimate of drug-likeness (QED) is 0.874. The molecule has 2 rings (SSSR count). The van der Waals surface area contributed by atoms with Crippen molar-refractivity contribution in [2.24, 2.45) is 0 Å². The van der Waals surface area contributed by atoms with Gasteiger partial charge in [0.05, 0.1) is 12.5 Å². The summed E-state index contributed by atoms with van der Waals surface area (Å²) in [6.07, 6.45) is 6.04. The molecule has 0 spiro atoms. The monoisotopic (exact) mass is 236 g/mol. The molecule has 1 aromatic heterocycles. The molecule has 17 heavy (non-hydrogen) atoms. The highest BCUT2D eigenvalue weighted by Crippen LogP contribution is 2.20. The van der Waals surface area contributed by atoms with Crippen molar-refractivity contribution in [1.29, 1.82) is 0 Å². The SMILES string of the molecule is CC(C)(C)N1CCC(NCc2ccoc2)CC1. The molecule has 1 N–H and O–H groups in total. The van der Waals surface area contributed by atoms with Crippen molar-refractivity contribution in [1.82, 2.24) is 10.2 Å². The summed E-state index contributed by atoms with van der Waals surface area (Å²) in [6, 6.07) is 2.68. The Morgan fingerprint density at radius 2 is 2.06 bits per heavy atom. The van der Waals surface area contributed by atoms with E-state index in [9.17, 15) is 0 Å². The van der Waals surface area contributed by atoms with Crippen molar-refractivity contribution in [3.63, 3.8) is 0 Å². The number of hydrogen-bond donors (Lipinski definition) is 1. The van der Waals surface area contributed by atoms with E-state index in [0.29, 0.717) is 11.6 Å². The van der Waals surface area contributed by atoms with E-state index in [2.05, 4.69) is 31.0 Å². The number of hydrogen-bond acceptors (Lipinski definition) is 3. The lowest BCUT2D eigenvalue weighted by Crippen LogP contribution is -2.49. The van der Waals surface area contributed by atoms with Crippen molar-refractivity contribution in [3.8, 4) is 0 Å². The summed E-state index contributed by atoms with van der Waals surface area (Å²) < 4.78 is 5.07. The van der Waals surface area contributed by atoms with E-state index in [4.69, 9.17) is 4.42 Å². The Morgan fingerprint density at radius 3 is 2.59 bits per heavy atom. The molecule has 0 radical (unpaired) electrons. The maximum absolute atomic E-state index is 5.07. The molecule has 1 aliphatic heterocycles. The number of likely N-dealkylation sites (tertiary alicyclic amines) is 1. The number of rotatable bonds is 3. The molecule has 1 fully saturated rings. The van der Waals surface area contributed by atoms with Gasteiger partial charge in [-0.1, -0.05) is 0 Å². The second kappa shape index (κ2) is 5.23. The fraction of sp³-hybridized carbons (Fsp3) is 0.714. The van der Waals surface area contributed by atoms with E-state index in [1.54, 1.807) is 6.26 Å². The highest BCUT2D eigenvalue weighted by atomic mass is 16.3. The van der Waals surface area contributed by atoms with Crippen LogP contribution < -0.4 is 5.32 Å². The van der Waals surface area contributed by atoms with E-state index in [-0.39, 0.29) is 0 Å². The van der Waals surface area contributed by atoms with Gasteiger partial charge in [-0.05, 0) is 39.7 Å². The van der Waals surface area contributed by atoms with Gasteiger partial charge in [-0.3, -0.25) is 4.90 Å². The first-order valence-corrected chi connectivity index (χ1v) is 6.55. The third kappa shape index (κ3) is 3.58. The van der Waals surface area contributed by atoms with Crippen molar-refractivity contribution in [3.05, 3.63) is 24.2 Å². The van der Waals surface area contributed by atoms with Crippen LogP contribution in [0.2, 0.25) is 0 Å². The first-order chi connectivity index (χ1) is 8.05. The third-order valence-corrected chi connectivity index (χ3v) is 3.62. The van der Waals surface area contributed by atoms with E-state index in [1.807, 2.05) is 12.3 Å². The van der Waals surface area contributed by atoms with Gasteiger partial charge >= 0.3 is 0 Å². The topological polar surface area (TPSA) is 28.4 Å². The maximum atomic E-state index is 5.07. The molecule has 0 saturated carbocycles. The molecule has 96 valence electrons. The van der Waals surface area contributed by atoms with Gasteiger partial charge < -0.3 is 9.73 Å². The molecule has 1 aromatic rings. The van der Waals surface area contributed by atoms with Gasteiger partial charge in [0.25, 0.3) is 0 Å². The van der Waals surface area contributed by atoms with Crippen LogP contribution in [-0.2, 0) is 6.54 Å². The van der Waals surface area contributed by atoms with Gasteiger partial charge in [0.2, 0.25) is 0 Å². The minimum atomic E-state index is 0.315. The summed E-state index contributed by atoms with van der Waals surface area (Å²) in [5.74, 6) is 0. The van der Waals surface area contributed by atoms with E-state index in [0.717, 1.165) is 6.54 Å². The van der Waals surface area contributed by atoms with Crippen molar-refractivity contribution >= 4 is 0 Å². The van der Waals surface area contributed by atoms with Crippen LogP contribution >= 0.6 is 0 Å². The molecular weight excluding hydrogens is 212 g/mol. The predicted octanol–water partition coefficient (Wildman–Crippen LogP) is 2.63. The number of nitrogens with zero attached hydrogens (tertiary/aromatic N) is 1. The molecule has 0 atom stereocenters. The Kier molecular flexibility index (Phi) is 3.89. The summed E-state index contributed by atoms with van der Waals surface area (Å²) >= 11 is 0. The Labute approximate surface area is 104 Å². The summed E-state index contributed by atoms with van der Waals surface area (Å²) in [5.41, 5.74) is 1.55. The fourth-order valence-corrected chi connectivity index (χ4v) is 2.41. The van der Waals surface area contributed by atoms with Crippen molar-refractivity contribution < 1.29 is 4.42 Å². The molecule has 3 heteroatoms. The second-order valence-corrected chi connectivity index (χ2v) is 5.94. The Bertz CT molecular complexity index is 318. The Morgan fingerprint density at radius 1 is 1.35 bits per heavy atom. The van der Waals surface area contributed by atoms with Crippen LogP contribution in [0.25, 0.3) is 0 Å². The molecule has 1 saturated heterocycles. The molecule has 0 aromatic carbocycles. The second-order valence-electron chi connectivity index (χ2n) is 5.94. The zero-order valence-corrected chi connectivity index (χ0v) is 11.2. The first-order valence-electron chi connectivity index (χ1n) is 6.55. The molecule has 0 aliphatic carbocycles. The van der Waals surface area contributed by atoms with Crippen LogP contribution in [0.3, 0.4) is 0 Å². The van der Waals surface area contributed by atoms with Crippen molar-refractivity contribution in [2.45, 2.75) is 51.7 Å². The number of furan rings is 1. The lowest BCUT2D eigenvalue weighted by Gasteiger charge is -2.41. The van der Waals surface area contributed by atoms with Crippen LogP contribution in [0.15, 0.2) is 23.0 Å². The summed E-state index contributed by atoms with van der Waals surface area (Å²) in [4.78, 5) is 2.57. The molecule has 0 bridgehead atoms. The largest absolute Gasteiger partial charge is 0.472 e. The lowest BCUT2D eigenvalue weighted by atomic mass is 9.98. The smallest absolute Gasteiger partial charge is 0.0947 e. The van der Waals surface area contributed by atoms with Crippen LogP contribution in [0.1, 0.15) is 39.2 Å². The average molecular weight is 236 g/mol. The van der Waals surface area contributed by atoms with E-state index in [1.165, 1.54) is 31.5 Å².